The van der Waals surface area contributed by atoms with Crippen LogP contribution in [0.1, 0.15) is 0 Å². The first-order chi connectivity index (χ1) is 28.7. The summed E-state index contributed by atoms with van der Waals surface area (Å²) in [4.78, 5) is 10.5. The Morgan fingerprint density at radius 1 is 0.379 bits per heavy atom. The number of fused-ring (bicyclic) bond motifs is 9. The van der Waals surface area contributed by atoms with Crippen LogP contribution in [-0.4, -0.2) is 14.5 Å². The molecule has 0 amide bonds. The van der Waals surface area contributed by atoms with Crippen molar-refractivity contribution in [3.05, 3.63) is 200 Å². The number of benzene rings is 9. The number of rotatable bonds is 5. The highest BCUT2D eigenvalue weighted by molar-refractivity contribution is 6.22. The largest absolute Gasteiger partial charge is 0.455 e. The van der Waals surface area contributed by atoms with Gasteiger partial charge in [-0.05, 0) is 69.9 Å². The predicted molar refractivity (Wildman–Crippen MR) is 240 cm³/mol. The fraction of sp³-hybridized carbons (Fsp3) is 0. The number of aromatic nitrogens is 3. The number of furan rings is 1. The first-order valence-corrected chi connectivity index (χ1v) is 19.7. The molecule has 0 saturated heterocycles. The Kier molecular flexibility index (Phi) is 7.20. The second kappa shape index (κ2) is 12.9. The maximum atomic E-state index is 6.52. The van der Waals surface area contributed by atoms with Gasteiger partial charge in [0, 0.05) is 43.9 Å². The summed E-state index contributed by atoms with van der Waals surface area (Å²) in [7, 11) is 0. The normalized spacial score (nSPS) is 11.8. The van der Waals surface area contributed by atoms with Crippen LogP contribution in [0.25, 0.3) is 116 Å². The zero-order valence-electron chi connectivity index (χ0n) is 31.3. The molecule has 270 valence electrons. The van der Waals surface area contributed by atoms with Crippen LogP contribution in [0.2, 0.25) is 0 Å². The molecule has 0 aliphatic heterocycles. The number of para-hydroxylation sites is 2. The zero-order valence-corrected chi connectivity index (χ0v) is 31.3. The van der Waals surface area contributed by atoms with E-state index in [9.17, 15) is 0 Å². The second-order valence-corrected chi connectivity index (χ2v) is 14.9. The molecule has 0 saturated carbocycles. The van der Waals surface area contributed by atoms with Crippen molar-refractivity contribution in [2.24, 2.45) is 0 Å². The maximum absolute atomic E-state index is 6.52. The smallest absolute Gasteiger partial charge is 0.143 e. The SMILES string of the molecule is c1ccc(-c2nc3ccc(-c4cccc(-n5c6cc(-c7cccc8c7oc7ccccc78)ccc6c6c7ccccc7ccc65)c4)cc3nc2-c2ccccc2)cc1. The van der Waals surface area contributed by atoms with Gasteiger partial charge in [-0.1, -0.05) is 158 Å². The van der Waals surface area contributed by atoms with Crippen LogP contribution in [0.3, 0.4) is 0 Å². The third-order valence-electron chi connectivity index (χ3n) is 11.6. The molecule has 0 unspecified atom stereocenters. The van der Waals surface area contributed by atoms with E-state index in [1.165, 1.54) is 21.5 Å². The van der Waals surface area contributed by atoms with Crippen LogP contribution in [0.4, 0.5) is 0 Å². The molecule has 0 aliphatic carbocycles. The maximum Gasteiger partial charge on any atom is 0.143 e. The highest BCUT2D eigenvalue weighted by Gasteiger charge is 2.19. The van der Waals surface area contributed by atoms with Crippen molar-refractivity contribution in [2.45, 2.75) is 0 Å². The van der Waals surface area contributed by atoms with E-state index >= 15 is 0 Å². The summed E-state index contributed by atoms with van der Waals surface area (Å²) < 4.78 is 8.94. The van der Waals surface area contributed by atoms with E-state index in [1.807, 2.05) is 36.4 Å². The van der Waals surface area contributed by atoms with Gasteiger partial charge in [-0.2, -0.15) is 0 Å². The van der Waals surface area contributed by atoms with Crippen LogP contribution in [0, 0.1) is 0 Å². The second-order valence-electron chi connectivity index (χ2n) is 14.9. The quantitative estimate of drug-likeness (QED) is 0.177. The third kappa shape index (κ3) is 5.09. The van der Waals surface area contributed by atoms with Crippen molar-refractivity contribution >= 4 is 65.6 Å². The molecule has 0 bridgehead atoms. The minimum absolute atomic E-state index is 0.856. The molecule has 0 fully saturated rings. The summed E-state index contributed by atoms with van der Waals surface area (Å²) >= 11 is 0. The summed E-state index contributed by atoms with van der Waals surface area (Å²) in [5.74, 6) is 0. The Hall–Kier alpha value is -7.82. The van der Waals surface area contributed by atoms with E-state index in [0.717, 1.165) is 94.5 Å². The lowest BCUT2D eigenvalue weighted by Gasteiger charge is -2.13. The lowest BCUT2D eigenvalue weighted by atomic mass is 9.99. The van der Waals surface area contributed by atoms with Crippen LogP contribution >= 0.6 is 0 Å². The Morgan fingerprint density at radius 3 is 1.86 bits per heavy atom. The highest BCUT2D eigenvalue weighted by Crippen LogP contribution is 2.42. The number of hydrogen-bond acceptors (Lipinski definition) is 3. The summed E-state index contributed by atoms with van der Waals surface area (Å²) in [5, 5.41) is 7.17. The fourth-order valence-electron chi connectivity index (χ4n) is 8.86. The summed E-state index contributed by atoms with van der Waals surface area (Å²) in [6.07, 6.45) is 0. The molecule has 0 aliphatic rings. The van der Waals surface area contributed by atoms with Crippen molar-refractivity contribution in [3.8, 4) is 50.5 Å². The van der Waals surface area contributed by atoms with Gasteiger partial charge in [-0.15, -0.1) is 0 Å². The van der Waals surface area contributed by atoms with Crippen molar-refractivity contribution in [3.63, 3.8) is 0 Å². The Balaban J connectivity index is 1.05. The molecule has 9 aromatic carbocycles. The monoisotopic (exact) mass is 739 g/mol. The van der Waals surface area contributed by atoms with Crippen LogP contribution in [0.15, 0.2) is 205 Å². The molecule has 0 radical (unpaired) electrons. The van der Waals surface area contributed by atoms with Crippen molar-refractivity contribution in [2.75, 3.05) is 0 Å². The van der Waals surface area contributed by atoms with Gasteiger partial charge < -0.3 is 8.98 Å². The minimum Gasteiger partial charge on any atom is -0.455 e. The van der Waals surface area contributed by atoms with Gasteiger partial charge in [-0.3, -0.25) is 0 Å². The summed E-state index contributed by atoms with van der Waals surface area (Å²) in [6.45, 7) is 0. The van der Waals surface area contributed by atoms with Crippen LogP contribution in [0.5, 0.6) is 0 Å². The van der Waals surface area contributed by atoms with Crippen LogP contribution < -0.4 is 0 Å². The van der Waals surface area contributed by atoms with E-state index in [1.54, 1.807) is 0 Å². The topological polar surface area (TPSA) is 43.9 Å². The fourth-order valence-corrected chi connectivity index (χ4v) is 8.86. The van der Waals surface area contributed by atoms with Gasteiger partial charge in [-0.25, -0.2) is 9.97 Å². The standard InChI is InChI=1S/C54H33N3O/c1-3-14-35(15-4-1)52-53(36-16-5-2-6-17-36)56-47-32-38(26-29-46(47)55-52)37-18-11-19-40(31-37)57-48-30-27-34-13-7-8-20-41(34)51(48)45-28-25-39(33-49(45)57)42-22-12-23-44-43-21-9-10-24-50(43)58-54(42)44/h1-33H. The molecule has 0 N–H and O–H groups in total. The molecule has 58 heavy (non-hydrogen) atoms. The van der Waals surface area contributed by atoms with E-state index in [2.05, 4.69) is 168 Å². The molecule has 0 atom stereocenters. The third-order valence-corrected chi connectivity index (χ3v) is 11.6. The van der Waals surface area contributed by atoms with E-state index < -0.39 is 0 Å². The average molecular weight is 740 g/mol. The average Bonchev–Trinajstić information content (AvgIpc) is 3.85. The van der Waals surface area contributed by atoms with E-state index in [-0.39, 0.29) is 0 Å². The molecule has 12 aromatic rings. The molecule has 3 aromatic heterocycles. The molecule has 4 heteroatoms. The Bertz CT molecular complexity index is 3560. The Morgan fingerprint density at radius 2 is 1.03 bits per heavy atom. The van der Waals surface area contributed by atoms with Crippen molar-refractivity contribution in [1.29, 1.82) is 0 Å². The van der Waals surface area contributed by atoms with E-state index in [0.29, 0.717) is 0 Å². The van der Waals surface area contributed by atoms with Crippen molar-refractivity contribution < 1.29 is 4.42 Å². The zero-order chi connectivity index (χ0) is 38.2. The van der Waals surface area contributed by atoms with Crippen molar-refractivity contribution in [1.82, 2.24) is 14.5 Å². The highest BCUT2D eigenvalue weighted by atomic mass is 16.3. The lowest BCUT2D eigenvalue weighted by Crippen LogP contribution is -1.96. The molecule has 3 heterocycles. The van der Waals surface area contributed by atoms with Gasteiger partial charge in [0.05, 0.1) is 33.5 Å². The summed E-state index contributed by atoms with van der Waals surface area (Å²) in [5.41, 5.74) is 15.1. The van der Waals surface area contributed by atoms with Gasteiger partial charge in [0.1, 0.15) is 11.2 Å². The predicted octanol–water partition coefficient (Wildman–Crippen LogP) is 14.4. The van der Waals surface area contributed by atoms with Gasteiger partial charge in [0.15, 0.2) is 0 Å². The molecular formula is C54H33N3O. The Labute approximate surface area is 333 Å². The molecular weight excluding hydrogens is 707 g/mol. The number of nitrogens with zero attached hydrogens (tertiary/aromatic N) is 3. The van der Waals surface area contributed by atoms with Gasteiger partial charge in [0.25, 0.3) is 0 Å². The van der Waals surface area contributed by atoms with Gasteiger partial charge in [0.2, 0.25) is 0 Å². The minimum atomic E-state index is 0.856. The van der Waals surface area contributed by atoms with E-state index in [4.69, 9.17) is 14.4 Å². The van der Waals surface area contributed by atoms with Gasteiger partial charge >= 0.3 is 0 Å². The first kappa shape index (κ1) is 32.4. The van der Waals surface area contributed by atoms with Crippen LogP contribution in [-0.2, 0) is 0 Å². The number of hydrogen-bond donors (Lipinski definition) is 0. The lowest BCUT2D eigenvalue weighted by molar-refractivity contribution is 0.670. The first-order valence-electron chi connectivity index (χ1n) is 19.7. The summed E-state index contributed by atoms with van der Waals surface area (Å²) in [6, 6.07) is 70.8. The molecule has 4 nitrogen and oxygen atoms in total. The molecule has 12 rings (SSSR count). The molecule has 0 spiro atoms.